The molecule has 2 rings (SSSR count). The van der Waals surface area contributed by atoms with E-state index in [4.69, 9.17) is 9.47 Å². The molecule has 1 amide bonds. The Bertz CT molecular complexity index is 645. The summed E-state index contributed by atoms with van der Waals surface area (Å²) in [6.45, 7) is 5.87. The number of hydrogen-bond acceptors (Lipinski definition) is 5. The lowest BCUT2D eigenvalue weighted by molar-refractivity contribution is -0.144. The summed E-state index contributed by atoms with van der Waals surface area (Å²) in [5.74, 6) is -0.123. The maximum Gasteiger partial charge on any atom is 0.408 e. The van der Waals surface area contributed by atoms with Gasteiger partial charge < -0.3 is 19.4 Å². The van der Waals surface area contributed by atoms with Crippen LogP contribution in [0.25, 0.3) is 0 Å². The van der Waals surface area contributed by atoms with Crippen LogP contribution in [-0.4, -0.2) is 39.9 Å². The molecule has 1 heterocycles. The zero-order chi connectivity index (χ0) is 19.2. The second-order valence-electron chi connectivity index (χ2n) is 7.66. The molecule has 0 saturated carbocycles. The molecule has 144 valence electrons. The minimum atomic E-state index is -0.523. The maximum absolute atomic E-state index is 12.0. The van der Waals surface area contributed by atoms with Crippen molar-refractivity contribution in [2.24, 2.45) is 13.0 Å². The molecule has 0 bridgehead atoms. The molecule has 26 heavy (non-hydrogen) atoms. The Morgan fingerprint density at radius 3 is 2.77 bits per heavy atom. The van der Waals surface area contributed by atoms with Crippen molar-refractivity contribution in [3.8, 4) is 0 Å². The van der Waals surface area contributed by atoms with Crippen molar-refractivity contribution in [1.29, 1.82) is 0 Å². The largest absolute Gasteiger partial charge is 0.466 e. The number of nitrogens with zero attached hydrogens (tertiary/aromatic N) is 2. The van der Waals surface area contributed by atoms with E-state index in [2.05, 4.69) is 10.3 Å². The first-order valence-electron chi connectivity index (χ1n) is 9.01. The van der Waals surface area contributed by atoms with Crippen LogP contribution in [0.15, 0.2) is 24.7 Å². The van der Waals surface area contributed by atoms with E-state index < -0.39 is 11.7 Å². The number of aryl methyl sites for hydroxylation is 2. The number of allylic oxidation sites excluding steroid dienone is 1. The summed E-state index contributed by atoms with van der Waals surface area (Å²) >= 11 is 0. The standard InChI is InChI=1S/C19H29N3O4/c1-19(2,3)26-18(24)21-15-8-7-14(10-15)11-17(23)25-9-5-6-16-12-20-13-22(16)4/h7-8,12-15H,5-6,9-11H2,1-4H3,(H,21,24)/t14-,15+/m0/s1. The first kappa shape index (κ1) is 20.0. The Labute approximate surface area is 154 Å². The van der Waals surface area contributed by atoms with E-state index in [-0.39, 0.29) is 17.9 Å². The van der Waals surface area contributed by atoms with Crippen molar-refractivity contribution in [3.63, 3.8) is 0 Å². The van der Waals surface area contributed by atoms with Crippen molar-refractivity contribution in [3.05, 3.63) is 30.4 Å². The SMILES string of the molecule is Cn1cncc1CCCOC(=O)C[C@H]1C=C[C@@H](NC(=O)OC(C)(C)C)C1. The Kier molecular flexibility index (Phi) is 6.83. The smallest absolute Gasteiger partial charge is 0.408 e. The fourth-order valence-corrected chi connectivity index (χ4v) is 2.83. The van der Waals surface area contributed by atoms with Crippen LogP contribution in [0, 0.1) is 5.92 Å². The van der Waals surface area contributed by atoms with E-state index in [0.29, 0.717) is 19.4 Å². The molecular formula is C19H29N3O4. The van der Waals surface area contributed by atoms with Gasteiger partial charge in [0.1, 0.15) is 5.60 Å². The van der Waals surface area contributed by atoms with Gasteiger partial charge in [0.15, 0.2) is 0 Å². The number of ether oxygens (including phenoxy) is 2. The van der Waals surface area contributed by atoms with E-state index in [0.717, 1.165) is 18.5 Å². The number of rotatable bonds is 7. The van der Waals surface area contributed by atoms with E-state index in [9.17, 15) is 9.59 Å². The molecule has 1 aromatic rings. The molecule has 1 aromatic heterocycles. The van der Waals surface area contributed by atoms with Gasteiger partial charge in [-0.05, 0) is 46.0 Å². The van der Waals surface area contributed by atoms with Crippen LogP contribution >= 0.6 is 0 Å². The van der Waals surface area contributed by atoms with Gasteiger partial charge in [-0.3, -0.25) is 4.79 Å². The summed E-state index contributed by atoms with van der Waals surface area (Å²) in [4.78, 5) is 27.8. The molecule has 1 aliphatic rings. The number of hydrogen-bond donors (Lipinski definition) is 1. The monoisotopic (exact) mass is 363 g/mol. The summed E-state index contributed by atoms with van der Waals surface area (Å²) in [5, 5.41) is 2.80. The van der Waals surface area contributed by atoms with Gasteiger partial charge in [0.2, 0.25) is 0 Å². The zero-order valence-electron chi connectivity index (χ0n) is 16.0. The van der Waals surface area contributed by atoms with Gasteiger partial charge in [0.25, 0.3) is 0 Å². The van der Waals surface area contributed by atoms with Crippen molar-refractivity contribution in [2.75, 3.05) is 6.61 Å². The van der Waals surface area contributed by atoms with Crippen LogP contribution < -0.4 is 5.32 Å². The highest BCUT2D eigenvalue weighted by atomic mass is 16.6. The van der Waals surface area contributed by atoms with Gasteiger partial charge in [-0.25, -0.2) is 9.78 Å². The second-order valence-corrected chi connectivity index (χ2v) is 7.66. The predicted molar refractivity (Wildman–Crippen MR) is 97.5 cm³/mol. The molecule has 0 fully saturated rings. The van der Waals surface area contributed by atoms with E-state index in [1.54, 1.807) is 6.33 Å². The number of alkyl carbamates (subject to hydrolysis) is 1. The first-order valence-corrected chi connectivity index (χ1v) is 9.01. The van der Waals surface area contributed by atoms with E-state index >= 15 is 0 Å². The van der Waals surface area contributed by atoms with Crippen LogP contribution in [0.1, 0.15) is 45.7 Å². The third-order valence-corrected chi connectivity index (χ3v) is 4.06. The molecule has 0 saturated heterocycles. The molecular weight excluding hydrogens is 334 g/mol. The quantitative estimate of drug-likeness (QED) is 0.458. The second kappa shape index (κ2) is 8.87. The molecule has 7 heteroatoms. The molecule has 0 aromatic carbocycles. The third kappa shape index (κ3) is 6.90. The Hall–Kier alpha value is -2.31. The number of imidazole rings is 1. The summed E-state index contributed by atoms with van der Waals surface area (Å²) in [6, 6.07) is -0.104. The lowest BCUT2D eigenvalue weighted by Gasteiger charge is -2.21. The Balaban J connectivity index is 1.61. The van der Waals surface area contributed by atoms with Crippen LogP contribution in [0.2, 0.25) is 0 Å². The molecule has 0 spiro atoms. The topological polar surface area (TPSA) is 82.5 Å². The molecule has 7 nitrogen and oxygen atoms in total. The van der Waals surface area contributed by atoms with E-state index in [1.165, 1.54) is 0 Å². The molecule has 1 aliphatic carbocycles. The predicted octanol–water partition coefficient (Wildman–Crippen LogP) is 2.76. The number of carbonyl (C=O) groups is 2. The van der Waals surface area contributed by atoms with Gasteiger partial charge in [-0.1, -0.05) is 12.2 Å². The number of nitrogens with one attached hydrogen (secondary N) is 1. The highest BCUT2D eigenvalue weighted by molar-refractivity contribution is 5.70. The van der Waals surface area contributed by atoms with Gasteiger partial charge in [0.05, 0.1) is 25.4 Å². The number of amides is 1. The van der Waals surface area contributed by atoms with Gasteiger partial charge >= 0.3 is 12.1 Å². The number of carbonyl (C=O) groups excluding carboxylic acids is 2. The fourth-order valence-electron chi connectivity index (χ4n) is 2.83. The summed E-state index contributed by atoms with van der Waals surface area (Å²) in [6.07, 6.45) is 9.62. The van der Waals surface area contributed by atoms with Gasteiger partial charge in [0, 0.05) is 18.9 Å². The summed E-state index contributed by atoms with van der Waals surface area (Å²) < 4.78 is 12.5. The first-order chi connectivity index (χ1) is 12.2. The van der Waals surface area contributed by atoms with Crippen molar-refractivity contribution < 1.29 is 19.1 Å². The molecule has 1 N–H and O–H groups in total. The van der Waals surface area contributed by atoms with Crippen LogP contribution in [0.3, 0.4) is 0 Å². The number of esters is 1. The summed E-state index contributed by atoms with van der Waals surface area (Å²) in [5.41, 5.74) is 0.598. The lowest BCUT2D eigenvalue weighted by Crippen LogP contribution is -2.37. The van der Waals surface area contributed by atoms with Crippen LogP contribution in [0.5, 0.6) is 0 Å². The van der Waals surface area contributed by atoms with E-state index in [1.807, 2.05) is 50.7 Å². The van der Waals surface area contributed by atoms with Crippen molar-refractivity contribution >= 4 is 12.1 Å². The highest BCUT2D eigenvalue weighted by Gasteiger charge is 2.25. The average Bonchev–Trinajstić information content (AvgIpc) is 3.11. The third-order valence-electron chi connectivity index (χ3n) is 4.06. The molecule has 0 radical (unpaired) electrons. The molecule has 0 unspecified atom stereocenters. The zero-order valence-corrected chi connectivity index (χ0v) is 16.0. The minimum absolute atomic E-state index is 0.0829. The molecule has 2 atom stereocenters. The Morgan fingerprint density at radius 1 is 1.35 bits per heavy atom. The van der Waals surface area contributed by atoms with Gasteiger partial charge in [-0.2, -0.15) is 0 Å². The highest BCUT2D eigenvalue weighted by Crippen LogP contribution is 2.22. The van der Waals surface area contributed by atoms with Crippen molar-refractivity contribution in [1.82, 2.24) is 14.9 Å². The van der Waals surface area contributed by atoms with Crippen molar-refractivity contribution in [2.45, 2.75) is 58.1 Å². The van der Waals surface area contributed by atoms with Crippen LogP contribution in [-0.2, 0) is 27.7 Å². The average molecular weight is 363 g/mol. The summed E-state index contributed by atoms with van der Waals surface area (Å²) in [7, 11) is 1.95. The van der Waals surface area contributed by atoms with Gasteiger partial charge in [-0.15, -0.1) is 0 Å². The number of aromatic nitrogens is 2. The normalized spacial score (nSPS) is 19.4. The maximum atomic E-state index is 12.0. The van der Waals surface area contributed by atoms with Crippen LogP contribution in [0.4, 0.5) is 4.79 Å². The molecule has 0 aliphatic heterocycles. The minimum Gasteiger partial charge on any atom is -0.466 e. The fraction of sp³-hybridized carbons (Fsp3) is 0.632. The Morgan fingerprint density at radius 2 is 2.12 bits per heavy atom. The lowest BCUT2D eigenvalue weighted by atomic mass is 10.0.